The maximum Gasteiger partial charge on any atom is 0.254 e. The number of carbonyl (C=O) groups excluding carboxylic acids is 1. The molecule has 6 nitrogen and oxygen atoms in total. The maximum absolute atomic E-state index is 13.0. The van der Waals surface area contributed by atoms with E-state index < -0.39 is 0 Å². The second kappa shape index (κ2) is 7.84. The molecule has 1 aromatic heterocycles. The number of ether oxygens (including phenoxy) is 1. The molecule has 0 radical (unpaired) electrons. The Morgan fingerprint density at radius 1 is 1.18 bits per heavy atom. The van der Waals surface area contributed by atoms with Crippen molar-refractivity contribution >= 4 is 5.91 Å². The van der Waals surface area contributed by atoms with Crippen molar-refractivity contribution in [3.05, 3.63) is 65.5 Å². The fourth-order valence-corrected chi connectivity index (χ4v) is 3.63. The quantitative estimate of drug-likeness (QED) is 0.685. The van der Waals surface area contributed by atoms with Crippen molar-refractivity contribution in [3.63, 3.8) is 0 Å². The van der Waals surface area contributed by atoms with Gasteiger partial charge in [-0.2, -0.15) is 0 Å². The lowest BCUT2D eigenvalue weighted by Crippen LogP contribution is -2.39. The Balaban J connectivity index is 1.50. The van der Waals surface area contributed by atoms with Crippen molar-refractivity contribution < 1.29 is 13.9 Å². The van der Waals surface area contributed by atoms with E-state index in [-0.39, 0.29) is 11.8 Å². The Kier molecular flexibility index (Phi) is 5.10. The van der Waals surface area contributed by atoms with Crippen molar-refractivity contribution in [1.29, 1.82) is 0 Å². The number of aryl methyl sites for hydroxylation is 1. The van der Waals surface area contributed by atoms with Crippen molar-refractivity contribution in [1.82, 2.24) is 15.1 Å². The largest absolute Gasteiger partial charge is 0.497 e. The Bertz CT molecular complexity index is 968. The van der Waals surface area contributed by atoms with Crippen molar-refractivity contribution in [3.8, 4) is 17.2 Å². The van der Waals surface area contributed by atoms with Gasteiger partial charge in [0.05, 0.1) is 13.0 Å². The minimum Gasteiger partial charge on any atom is -0.497 e. The predicted molar refractivity (Wildman–Crippen MR) is 105 cm³/mol. The molecule has 4 rings (SSSR count). The van der Waals surface area contributed by atoms with E-state index in [9.17, 15) is 4.79 Å². The Morgan fingerprint density at radius 3 is 2.75 bits per heavy atom. The second-order valence-electron chi connectivity index (χ2n) is 7.08. The predicted octanol–water partition coefficient (Wildman–Crippen LogP) is 4.07. The van der Waals surface area contributed by atoms with Crippen LogP contribution in [0.3, 0.4) is 0 Å². The highest BCUT2D eigenvalue weighted by Crippen LogP contribution is 2.29. The number of nitrogens with zero attached hydrogens (tertiary/aromatic N) is 3. The van der Waals surface area contributed by atoms with Crippen molar-refractivity contribution in [2.24, 2.45) is 0 Å². The molecule has 3 aromatic rings. The number of aromatic nitrogens is 2. The van der Waals surface area contributed by atoms with Gasteiger partial charge in [-0.3, -0.25) is 4.79 Å². The highest BCUT2D eigenvalue weighted by molar-refractivity contribution is 5.96. The zero-order valence-corrected chi connectivity index (χ0v) is 16.1. The van der Waals surface area contributed by atoms with Crippen LogP contribution in [0.1, 0.15) is 40.6 Å². The monoisotopic (exact) mass is 377 g/mol. The van der Waals surface area contributed by atoms with Gasteiger partial charge in [-0.15, -0.1) is 10.2 Å². The van der Waals surface area contributed by atoms with E-state index in [1.165, 1.54) is 0 Å². The molecule has 1 fully saturated rings. The molecule has 28 heavy (non-hydrogen) atoms. The van der Waals surface area contributed by atoms with Gasteiger partial charge in [0.1, 0.15) is 5.75 Å². The summed E-state index contributed by atoms with van der Waals surface area (Å²) in [7, 11) is 1.62. The first kappa shape index (κ1) is 18.2. The average Bonchev–Trinajstić information content (AvgIpc) is 3.24. The first-order valence-corrected chi connectivity index (χ1v) is 9.48. The molecule has 0 bridgehead atoms. The van der Waals surface area contributed by atoms with Crippen LogP contribution < -0.4 is 4.74 Å². The van der Waals surface area contributed by atoms with Crippen molar-refractivity contribution in [2.75, 3.05) is 20.2 Å². The van der Waals surface area contributed by atoms with E-state index in [0.29, 0.717) is 23.9 Å². The third-order valence-corrected chi connectivity index (χ3v) is 5.18. The van der Waals surface area contributed by atoms with Gasteiger partial charge in [0.25, 0.3) is 5.91 Å². The lowest BCUT2D eigenvalue weighted by Gasteiger charge is -2.31. The molecule has 0 N–H and O–H groups in total. The van der Waals surface area contributed by atoms with Crippen LogP contribution in [0.4, 0.5) is 0 Å². The van der Waals surface area contributed by atoms with Gasteiger partial charge in [0.15, 0.2) is 0 Å². The minimum atomic E-state index is 0.0349. The van der Waals surface area contributed by atoms with E-state index in [1.807, 2.05) is 60.4 Å². The van der Waals surface area contributed by atoms with Gasteiger partial charge in [-0.1, -0.05) is 18.2 Å². The standard InChI is InChI=1S/C22H23N3O3/c1-15-13-18(27-2)10-11-19(15)22(26)25-12-6-9-17(14-25)21-24-23-20(28-21)16-7-4-3-5-8-16/h3-5,7-8,10-11,13,17H,6,9,12,14H2,1-2H3. The normalized spacial score (nSPS) is 16.8. The molecule has 0 spiro atoms. The van der Waals surface area contributed by atoms with Crippen molar-refractivity contribution in [2.45, 2.75) is 25.7 Å². The summed E-state index contributed by atoms with van der Waals surface area (Å²) in [6, 6.07) is 15.3. The summed E-state index contributed by atoms with van der Waals surface area (Å²) in [6.45, 7) is 3.25. The molecule has 0 aliphatic carbocycles. The number of hydrogen-bond acceptors (Lipinski definition) is 5. The molecular formula is C22H23N3O3. The zero-order chi connectivity index (χ0) is 19.5. The molecule has 2 heterocycles. The number of benzene rings is 2. The molecule has 6 heteroatoms. The fraction of sp³-hybridized carbons (Fsp3) is 0.318. The summed E-state index contributed by atoms with van der Waals surface area (Å²) in [5.74, 6) is 1.96. The van der Waals surface area contributed by atoms with Crippen LogP contribution in [0, 0.1) is 6.92 Å². The number of rotatable bonds is 4. The van der Waals surface area contributed by atoms with Crippen LogP contribution in [-0.4, -0.2) is 41.2 Å². The first-order valence-electron chi connectivity index (χ1n) is 9.48. The molecule has 1 aliphatic rings. The third kappa shape index (κ3) is 3.63. The summed E-state index contributed by atoms with van der Waals surface area (Å²) < 4.78 is 11.2. The summed E-state index contributed by atoms with van der Waals surface area (Å²) >= 11 is 0. The van der Waals surface area contributed by atoms with E-state index in [1.54, 1.807) is 7.11 Å². The fourth-order valence-electron chi connectivity index (χ4n) is 3.63. The number of amides is 1. The van der Waals surface area contributed by atoms with E-state index in [0.717, 1.165) is 36.3 Å². The molecule has 2 aromatic carbocycles. The van der Waals surface area contributed by atoms with E-state index in [2.05, 4.69) is 10.2 Å². The maximum atomic E-state index is 13.0. The molecule has 0 saturated carbocycles. The van der Waals surface area contributed by atoms with Gasteiger partial charge in [0.2, 0.25) is 11.8 Å². The molecular weight excluding hydrogens is 354 g/mol. The summed E-state index contributed by atoms with van der Waals surface area (Å²) in [5, 5.41) is 8.44. The summed E-state index contributed by atoms with van der Waals surface area (Å²) in [5.41, 5.74) is 2.52. The van der Waals surface area contributed by atoms with Gasteiger partial charge in [0, 0.05) is 24.2 Å². The van der Waals surface area contributed by atoms with Crippen LogP contribution in [-0.2, 0) is 0 Å². The minimum absolute atomic E-state index is 0.0349. The molecule has 1 saturated heterocycles. The van der Waals surface area contributed by atoms with Crippen LogP contribution in [0.2, 0.25) is 0 Å². The SMILES string of the molecule is COc1ccc(C(=O)N2CCCC(c3nnc(-c4ccccc4)o3)C2)c(C)c1. The number of likely N-dealkylation sites (tertiary alicyclic amines) is 1. The topological polar surface area (TPSA) is 68.5 Å². The average molecular weight is 377 g/mol. The van der Waals surface area contributed by atoms with Gasteiger partial charge in [-0.05, 0) is 55.7 Å². The number of hydrogen-bond donors (Lipinski definition) is 0. The highest BCUT2D eigenvalue weighted by atomic mass is 16.5. The Hall–Kier alpha value is -3.15. The molecule has 1 atom stereocenters. The summed E-state index contributed by atoms with van der Waals surface area (Å²) in [4.78, 5) is 14.9. The lowest BCUT2D eigenvalue weighted by atomic mass is 9.96. The summed E-state index contributed by atoms with van der Waals surface area (Å²) in [6.07, 6.45) is 1.84. The Morgan fingerprint density at radius 2 is 2.00 bits per heavy atom. The molecule has 144 valence electrons. The van der Waals surface area contributed by atoms with Crippen LogP contribution in [0.25, 0.3) is 11.5 Å². The first-order chi connectivity index (χ1) is 13.7. The Labute approximate surface area is 164 Å². The van der Waals surface area contributed by atoms with Crippen LogP contribution in [0.5, 0.6) is 5.75 Å². The van der Waals surface area contributed by atoms with Gasteiger partial charge >= 0.3 is 0 Å². The molecule has 1 aliphatic heterocycles. The van der Waals surface area contributed by atoms with Crippen LogP contribution >= 0.6 is 0 Å². The zero-order valence-electron chi connectivity index (χ0n) is 16.1. The lowest BCUT2D eigenvalue weighted by molar-refractivity contribution is 0.0697. The second-order valence-corrected chi connectivity index (χ2v) is 7.08. The number of carbonyl (C=O) groups is 1. The third-order valence-electron chi connectivity index (χ3n) is 5.18. The van der Waals surface area contributed by atoms with E-state index >= 15 is 0 Å². The van der Waals surface area contributed by atoms with Crippen LogP contribution in [0.15, 0.2) is 52.9 Å². The molecule has 1 unspecified atom stereocenters. The van der Waals surface area contributed by atoms with Gasteiger partial charge < -0.3 is 14.1 Å². The van der Waals surface area contributed by atoms with Gasteiger partial charge in [-0.25, -0.2) is 0 Å². The number of piperidine rings is 1. The van der Waals surface area contributed by atoms with E-state index in [4.69, 9.17) is 9.15 Å². The smallest absolute Gasteiger partial charge is 0.254 e. The highest BCUT2D eigenvalue weighted by Gasteiger charge is 2.29. The molecule has 1 amide bonds. The number of methoxy groups -OCH3 is 1.